The van der Waals surface area contributed by atoms with Crippen molar-refractivity contribution in [3.63, 3.8) is 0 Å². The first-order valence-electron chi connectivity index (χ1n) is 11.0. The van der Waals surface area contributed by atoms with Crippen LogP contribution < -0.4 is 15.0 Å². The van der Waals surface area contributed by atoms with Crippen molar-refractivity contribution >= 4 is 51.0 Å². The summed E-state index contributed by atoms with van der Waals surface area (Å²) in [5.41, 5.74) is 1.23. The zero-order valence-electron chi connectivity index (χ0n) is 19.4. The van der Waals surface area contributed by atoms with Crippen LogP contribution >= 0.6 is 11.3 Å². The van der Waals surface area contributed by atoms with Gasteiger partial charge in [-0.15, -0.1) is 11.3 Å². The Morgan fingerprint density at radius 2 is 2.06 bits per heavy atom. The molecular weight excluding hydrogens is 469 g/mol. The second-order valence-corrected chi connectivity index (χ2v) is 8.52. The van der Waals surface area contributed by atoms with Crippen molar-refractivity contribution in [3.8, 4) is 5.75 Å². The van der Waals surface area contributed by atoms with Crippen LogP contribution in [-0.4, -0.2) is 23.4 Å². The Bertz CT molecular complexity index is 1390. The highest BCUT2D eigenvalue weighted by Gasteiger charge is 2.21. The molecule has 0 aliphatic heterocycles. The van der Waals surface area contributed by atoms with E-state index in [0.717, 1.165) is 5.39 Å². The van der Waals surface area contributed by atoms with Gasteiger partial charge in [-0.3, -0.25) is 14.5 Å². The molecule has 1 unspecified atom stereocenters. The molecule has 2 aromatic heterocycles. The molecule has 7 nitrogen and oxygen atoms in total. The first-order chi connectivity index (χ1) is 16.9. The molecule has 0 fully saturated rings. The Morgan fingerprint density at radius 1 is 1.26 bits per heavy atom. The lowest BCUT2D eigenvalue weighted by molar-refractivity contribution is -0.117. The fourth-order valence-corrected chi connectivity index (χ4v) is 4.38. The maximum absolute atomic E-state index is 14.2. The zero-order chi connectivity index (χ0) is 24.9. The molecule has 35 heavy (non-hydrogen) atoms. The van der Waals surface area contributed by atoms with Gasteiger partial charge < -0.3 is 14.5 Å². The van der Waals surface area contributed by atoms with E-state index in [4.69, 9.17) is 9.15 Å². The Balaban J connectivity index is 1.45. The highest BCUT2D eigenvalue weighted by Crippen LogP contribution is 2.32. The number of fused-ring (bicyclic) bond motifs is 1. The van der Waals surface area contributed by atoms with E-state index >= 15 is 0 Å². The fourth-order valence-electron chi connectivity index (χ4n) is 3.53. The molecule has 0 bridgehead atoms. The summed E-state index contributed by atoms with van der Waals surface area (Å²) >= 11 is 1.18. The molecule has 0 saturated carbocycles. The number of ether oxygens (including phenoxy) is 1. The minimum Gasteiger partial charge on any atom is -0.490 e. The average Bonchev–Trinajstić information content (AvgIpc) is 3.47. The summed E-state index contributed by atoms with van der Waals surface area (Å²) in [7, 11) is 0. The van der Waals surface area contributed by atoms with Gasteiger partial charge in [-0.2, -0.15) is 0 Å². The van der Waals surface area contributed by atoms with Crippen LogP contribution in [0.2, 0.25) is 0 Å². The normalized spacial score (nSPS) is 12.1. The number of hydrogen-bond donors (Lipinski definition) is 1. The van der Waals surface area contributed by atoms with Crippen LogP contribution in [0.15, 0.2) is 64.4 Å². The van der Waals surface area contributed by atoms with Gasteiger partial charge in [-0.1, -0.05) is 24.3 Å². The van der Waals surface area contributed by atoms with Gasteiger partial charge in [-0.25, -0.2) is 9.37 Å². The highest BCUT2D eigenvalue weighted by molar-refractivity contribution is 7.14. The molecule has 2 aromatic carbocycles. The summed E-state index contributed by atoms with van der Waals surface area (Å²) in [5, 5.41) is 5.75. The Kier molecular flexibility index (Phi) is 7.26. The van der Waals surface area contributed by atoms with E-state index < -0.39 is 5.82 Å². The predicted molar refractivity (Wildman–Crippen MR) is 134 cm³/mol. The molecule has 0 saturated heterocycles. The number of halogens is 1. The Morgan fingerprint density at radius 3 is 2.80 bits per heavy atom. The lowest BCUT2D eigenvalue weighted by Gasteiger charge is -2.18. The lowest BCUT2D eigenvalue weighted by Crippen LogP contribution is -2.24. The number of aromatic nitrogens is 1. The molecule has 2 heterocycles. The van der Waals surface area contributed by atoms with E-state index in [-0.39, 0.29) is 23.5 Å². The predicted octanol–water partition coefficient (Wildman–Crippen LogP) is 6.00. The number of para-hydroxylation sites is 2. The molecular formula is C26H24FN3O4S. The molecule has 0 aliphatic rings. The Labute approximate surface area is 205 Å². The van der Waals surface area contributed by atoms with Gasteiger partial charge in [0.25, 0.3) is 0 Å². The maximum Gasteiger partial charge on any atom is 0.244 e. The van der Waals surface area contributed by atoms with E-state index in [1.165, 1.54) is 47.4 Å². The third kappa shape index (κ3) is 5.41. The third-order valence-corrected chi connectivity index (χ3v) is 5.97. The minimum atomic E-state index is -0.526. The summed E-state index contributed by atoms with van der Waals surface area (Å²) in [6.45, 7) is 5.59. The number of nitrogens with zero attached hydrogens (tertiary/aromatic N) is 2. The van der Waals surface area contributed by atoms with E-state index in [2.05, 4.69) is 10.3 Å². The van der Waals surface area contributed by atoms with Crippen LogP contribution in [-0.2, 0) is 9.59 Å². The minimum absolute atomic E-state index is 0.120. The first-order valence-corrected chi connectivity index (χ1v) is 11.9. The third-order valence-electron chi connectivity index (χ3n) is 5.13. The lowest BCUT2D eigenvalue weighted by atomic mass is 10.2. The van der Waals surface area contributed by atoms with E-state index in [0.29, 0.717) is 34.5 Å². The SMILES string of the molecule is CCOc1cccc2cc(C(C)NC(=O)/C=C/c3csc(N(C(C)=O)c4ccccc4F)n3)oc12. The summed E-state index contributed by atoms with van der Waals surface area (Å²) in [6.07, 6.45) is 2.89. The van der Waals surface area contributed by atoms with Crippen molar-refractivity contribution in [2.24, 2.45) is 0 Å². The van der Waals surface area contributed by atoms with Gasteiger partial charge in [0, 0.05) is 23.8 Å². The van der Waals surface area contributed by atoms with Gasteiger partial charge in [-0.05, 0) is 44.2 Å². The molecule has 1 N–H and O–H groups in total. The summed E-state index contributed by atoms with van der Waals surface area (Å²) in [6, 6.07) is 13.1. The number of carbonyl (C=O) groups excluding carboxylic acids is 2. The van der Waals surface area contributed by atoms with Gasteiger partial charge >= 0.3 is 0 Å². The van der Waals surface area contributed by atoms with E-state index in [1.807, 2.05) is 38.1 Å². The van der Waals surface area contributed by atoms with Crippen LogP contribution in [0.25, 0.3) is 17.0 Å². The number of benzene rings is 2. The quantitative estimate of drug-likeness (QED) is 0.304. The number of thiazole rings is 1. The molecule has 9 heteroatoms. The van der Waals surface area contributed by atoms with Gasteiger partial charge in [0.1, 0.15) is 11.6 Å². The largest absolute Gasteiger partial charge is 0.490 e. The standard InChI is InChI=1S/C26H24FN3O4S/c1-4-33-22-11-7-8-18-14-23(34-25(18)22)16(2)28-24(32)13-12-19-15-35-26(29-19)30(17(3)31)21-10-6-5-9-20(21)27/h5-16H,4H2,1-3H3,(H,28,32)/b13-12+. The number of nitrogens with one attached hydrogen (secondary N) is 1. The maximum atomic E-state index is 14.2. The molecule has 1 atom stereocenters. The van der Waals surface area contributed by atoms with Gasteiger partial charge in [0.05, 0.1) is 24.0 Å². The van der Waals surface area contributed by atoms with Crippen LogP contribution in [0.4, 0.5) is 15.2 Å². The number of amides is 2. The number of furan rings is 1. The number of rotatable bonds is 8. The second-order valence-electron chi connectivity index (χ2n) is 7.68. The highest BCUT2D eigenvalue weighted by atomic mass is 32.1. The van der Waals surface area contributed by atoms with E-state index in [1.54, 1.807) is 17.5 Å². The van der Waals surface area contributed by atoms with Crippen molar-refractivity contribution in [2.45, 2.75) is 26.8 Å². The average molecular weight is 494 g/mol. The summed E-state index contributed by atoms with van der Waals surface area (Å²) in [4.78, 5) is 30.3. The van der Waals surface area contributed by atoms with E-state index in [9.17, 15) is 14.0 Å². The molecule has 0 aliphatic carbocycles. The van der Waals surface area contributed by atoms with Crippen LogP contribution in [0.1, 0.15) is 38.3 Å². The number of anilines is 2. The van der Waals surface area contributed by atoms with Crippen molar-refractivity contribution in [1.82, 2.24) is 10.3 Å². The van der Waals surface area contributed by atoms with Crippen LogP contribution in [0.5, 0.6) is 5.75 Å². The van der Waals surface area contributed by atoms with Gasteiger partial charge in [0.15, 0.2) is 16.5 Å². The molecule has 0 radical (unpaired) electrons. The molecule has 2 amide bonds. The van der Waals surface area contributed by atoms with Crippen molar-refractivity contribution in [1.29, 1.82) is 0 Å². The fraction of sp³-hybridized carbons (Fsp3) is 0.192. The molecule has 4 aromatic rings. The van der Waals surface area contributed by atoms with Crippen LogP contribution in [0.3, 0.4) is 0 Å². The van der Waals surface area contributed by atoms with Gasteiger partial charge in [0.2, 0.25) is 11.8 Å². The Hall–Kier alpha value is -3.98. The molecule has 0 spiro atoms. The van der Waals surface area contributed by atoms with Crippen molar-refractivity contribution < 1.29 is 23.1 Å². The first kappa shape index (κ1) is 24.2. The van der Waals surface area contributed by atoms with Crippen molar-refractivity contribution in [3.05, 3.63) is 77.3 Å². The second kappa shape index (κ2) is 10.5. The van der Waals surface area contributed by atoms with Crippen LogP contribution in [0, 0.1) is 5.82 Å². The monoisotopic (exact) mass is 493 g/mol. The summed E-state index contributed by atoms with van der Waals surface area (Å²) in [5.74, 6) is 0.0260. The smallest absolute Gasteiger partial charge is 0.244 e. The number of hydrogen-bond acceptors (Lipinski definition) is 6. The molecule has 4 rings (SSSR count). The topological polar surface area (TPSA) is 84.7 Å². The molecule has 180 valence electrons. The number of carbonyl (C=O) groups is 2. The van der Waals surface area contributed by atoms with Crippen molar-refractivity contribution in [2.75, 3.05) is 11.5 Å². The summed E-state index contributed by atoms with van der Waals surface area (Å²) < 4.78 is 25.8. The zero-order valence-corrected chi connectivity index (χ0v) is 20.3.